The maximum absolute atomic E-state index is 13.4. The van der Waals surface area contributed by atoms with Gasteiger partial charge in [0.25, 0.3) is 0 Å². The highest BCUT2D eigenvalue weighted by atomic mass is 79.9. The lowest BCUT2D eigenvalue weighted by molar-refractivity contribution is 0.227. The van der Waals surface area contributed by atoms with Crippen molar-refractivity contribution in [3.63, 3.8) is 0 Å². The van der Waals surface area contributed by atoms with Crippen LogP contribution < -0.4 is 5.73 Å². The van der Waals surface area contributed by atoms with E-state index in [4.69, 9.17) is 5.73 Å². The number of piperidine rings is 1. The van der Waals surface area contributed by atoms with E-state index in [1.165, 1.54) is 16.4 Å². The molecule has 2 N–H and O–H groups in total. The van der Waals surface area contributed by atoms with Crippen LogP contribution in [0.1, 0.15) is 26.2 Å². The van der Waals surface area contributed by atoms with Gasteiger partial charge in [-0.05, 0) is 53.9 Å². The van der Waals surface area contributed by atoms with Gasteiger partial charge >= 0.3 is 0 Å². The minimum Gasteiger partial charge on any atom is -0.326 e. The van der Waals surface area contributed by atoms with Gasteiger partial charge in [0.05, 0.1) is 4.90 Å². The molecule has 0 saturated carbocycles. The fourth-order valence-corrected chi connectivity index (χ4v) is 5.27. The van der Waals surface area contributed by atoms with Crippen molar-refractivity contribution in [2.24, 2.45) is 5.73 Å². The Morgan fingerprint density at radius 3 is 2.71 bits per heavy atom. The van der Waals surface area contributed by atoms with E-state index < -0.39 is 15.8 Å². The first-order valence-corrected chi connectivity index (χ1v) is 8.80. The second-order valence-electron chi connectivity index (χ2n) is 5.11. The van der Waals surface area contributed by atoms with Gasteiger partial charge in [0.1, 0.15) is 5.82 Å². The minimum atomic E-state index is -3.74. The van der Waals surface area contributed by atoms with Crippen LogP contribution >= 0.6 is 28.3 Å². The van der Waals surface area contributed by atoms with Crippen LogP contribution in [0.5, 0.6) is 0 Å². The average Bonchev–Trinajstić information content (AvgIpc) is 2.41. The molecular weight excluding hydrogens is 383 g/mol. The summed E-state index contributed by atoms with van der Waals surface area (Å²) in [5.74, 6) is -0.568. The van der Waals surface area contributed by atoms with Crippen LogP contribution in [0.4, 0.5) is 4.39 Å². The Kier molecular flexibility index (Phi) is 6.61. The van der Waals surface area contributed by atoms with Crippen molar-refractivity contribution >= 4 is 38.4 Å². The van der Waals surface area contributed by atoms with E-state index in [0.29, 0.717) is 11.0 Å². The Bertz CT molecular complexity index is 598. The molecule has 2 atom stereocenters. The van der Waals surface area contributed by atoms with Crippen LogP contribution in [0.3, 0.4) is 0 Å². The van der Waals surface area contributed by atoms with Crippen molar-refractivity contribution in [1.82, 2.24) is 4.31 Å². The first kappa shape index (κ1) is 18.8. The Balaban J connectivity index is 0.00000220. The number of nitrogens with two attached hydrogens (primary N) is 1. The summed E-state index contributed by atoms with van der Waals surface area (Å²) in [7, 11) is -3.74. The van der Waals surface area contributed by atoms with Crippen LogP contribution in [0.25, 0.3) is 0 Å². The third-order valence-corrected chi connectivity index (χ3v) is 6.50. The van der Waals surface area contributed by atoms with Gasteiger partial charge in [0.2, 0.25) is 10.0 Å². The van der Waals surface area contributed by atoms with Crippen molar-refractivity contribution in [2.75, 3.05) is 6.54 Å². The van der Waals surface area contributed by atoms with Crippen LogP contribution in [-0.2, 0) is 10.0 Å². The van der Waals surface area contributed by atoms with E-state index in [-0.39, 0.29) is 29.4 Å². The lowest BCUT2D eigenvalue weighted by Crippen LogP contribution is -2.51. The number of benzene rings is 1. The number of halogens is 3. The van der Waals surface area contributed by atoms with Crippen molar-refractivity contribution in [3.05, 3.63) is 28.5 Å². The van der Waals surface area contributed by atoms with Gasteiger partial charge in [-0.25, -0.2) is 12.8 Å². The third kappa shape index (κ3) is 3.96. The van der Waals surface area contributed by atoms with Crippen LogP contribution in [0, 0.1) is 5.82 Å². The molecule has 1 saturated heterocycles. The standard InChI is InChI=1S/C13H18BrFN2O2S.ClH/c1-9(16)12-4-2-3-7-17(12)20(18,19)13-8-10(15)5-6-11(13)14;/h5-6,8-9,12H,2-4,7,16H2,1H3;1H. The molecule has 0 bridgehead atoms. The molecule has 21 heavy (non-hydrogen) atoms. The summed E-state index contributed by atoms with van der Waals surface area (Å²) in [4.78, 5) is -0.0370. The van der Waals surface area contributed by atoms with Crippen molar-refractivity contribution in [1.29, 1.82) is 0 Å². The molecule has 0 radical (unpaired) electrons. The normalized spacial score (nSPS) is 21.6. The second-order valence-corrected chi connectivity index (χ2v) is 7.83. The summed E-state index contributed by atoms with van der Waals surface area (Å²) in [5, 5.41) is 0. The molecule has 1 aliphatic rings. The molecule has 0 aromatic heterocycles. The Labute approximate surface area is 139 Å². The Morgan fingerprint density at radius 2 is 2.10 bits per heavy atom. The number of sulfonamides is 1. The van der Waals surface area contributed by atoms with Gasteiger partial charge in [0, 0.05) is 23.1 Å². The lowest BCUT2D eigenvalue weighted by atomic mass is 10.00. The highest BCUT2D eigenvalue weighted by Gasteiger charge is 2.36. The molecule has 1 heterocycles. The summed E-state index contributed by atoms with van der Waals surface area (Å²) in [6.07, 6.45) is 2.50. The van der Waals surface area contributed by atoms with E-state index in [1.807, 2.05) is 0 Å². The first-order valence-electron chi connectivity index (χ1n) is 6.56. The zero-order chi connectivity index (χ0) is 14.9. The topological polar surface area (TPSA) is 63.4 Å². The maximum atomic E-state index is 13.4. The summed E-state index contributed by atoms with van der Waals surface area (Å²) in [6, 6.07) is 3.20. The van der Waals surface area contributed by atoms with Gasteiger partial charge in [0.15, 0.2) is 0 Å². The lowest BCUT2D eigenvalue weighted by Gasteiger charge is -2.37. The van der Waals surface area contributed by atoms with Gasteiger partial charge in [-0.15, -0.1) is 12.4 Å². The van der Waals surface area contributed by atoms with E-state index >= 15 is 0 Å². The predicted octanol–water partition coefficient (Wildman–Crippen LogP) is 2.90. The van der Waals surface area contributed by atoms with Crippen LogP contribution in [0.15, 0.2) is 27.6 Å². The highest BCUT2D eigenvalue weighted by molar-refractivity contribution is 9.10. The van der Waals surface area contributed by atoms with Gasteiger partial charge in [-0.3, -0.25) is 0 Å². The van der Waals surface area contributed by atoms with E-state index in [2.05, 4.69) is 15.9 Å². The van der Waals surface area contributed by atoms with Gasteiger partial charge in [-0.2, -0.15) is 4.31 Å². The van der Waals surface area contributed by atoms with Crippen LogP contribution in [0.2, 0.25) is 0 Å². The largest absolute Gasteiger partial charge is 0.326 e. The fourth-order valence-electron chi connectivity index (χ4n) is 2.56. The minimum absolute atomic E-state index is 0. The molecule has 1 fully saturated rings. The monoisotopic (exact) mass is 400 g/mol. The molecule has 0 amide bonds. The van der Waals surface area contributed by atoms with Crippen LogP contribution in [-0.4, -0.2) is 31.4 Å². The zero-order valence-corrected chi connectivity index (χ0v) is 14.8. The summed E-state index contributed by atoms with van der Waals surface area (Å²) >= 11 is 3.19. The number of nitrogens with zero attached hydrogens (tertiary/aromatic N) is 1. The van der Waals surface area contributed by atoms with Crippen molar-refractivity contribution in [3.8, 4) is 0 Å². The van der Waals surface area contributed by atoms with Crippen molar-refractivity contribution in [2.45, 2.75) is 43.2 Å². The van der Waals surface area contributed by atoms with E-state index in [9.17, 15) is 12.8 Å². The summed E-state index contributed by atoms with van der Waals surface area (Å²) in [5.41, 5.74) is 5.91. The molecule has 2 rings (SSSR count). The van der Waals surface area contributed by atoms with Gasteiger partial charge in [-0.1, -0.05) is 6.42 Å². The molecule has 0 aliphatic carbocycles. The smallest absolute Gasteiger partial charge is 0.244 e. The molecule has 8 heteroatoms. The third-order valence-electron chi connectivity index (χ3n) is 3.59. The fraction of sp³-hybridized carbons (Fsp3) is 0.538. The molecule has 0 spiro atoms. The number of hydrogen-bond donors (Lipinski definition) is 1. The van der Waals surface area contributed by atoms with E-state index in [1.54, 1.807) is 6.92 Å². The molecule has 1 aromatic carbocycles. The number of hydrogen-bond acceptors (Lipinski definition) is 3. The van der Waals surface area contributed by atoms with E-state index in [0.717, 1.165) is 25.3 Å². The molecule has 4 nitrogen and oxygen atoms in total. The van der Waals surface area contributed by atoms with Crippen molar-refractivity contribution < 1.29 is 12.8 Å². The Morgan fingerprint density at radius 1 is 1.43 bits per heavy atom. The molecule has 1 aliphatic heterocycles. The molecule has 2 unspecified atom stereocenters. The number of rotatable bonds is 3. The quantitative estimate of drug-likeness (QED) is 0.847. The average molecular weight is 402 g/mol. The molecular formula is C13H19BrClFN2O2S. The SMILES string of the molecule is CC(N)C1CCCCN1S(=O)(=O)c1cc(F)ccc1Br.Cl. The molecule has 120 valence electrons. The summed E-state index contributed by atoms with van der Waals surface area (Å²) in [6.45, 7) is 2.23. The predicted molar refractivity (Wildman–Crippen MR) is 86.5 cm³/mol. The van der Waals surface area contributed by atoms with Gasteiger partial charge < -0.3 is 5.73 Å². The first-order chi connectivity index (χ1) is 9.34. The summed E-state index contributed by atoms with van der Waals surface area (Å²) < 4.78 is 40.7. The maximum Gasteiger partial charge on any atom is 0.244 e. The Hall–Kier alpha value is -0.210. The second kappa shape index (κ2) is 7.37. The zero-order valence-electron chi connectivity index (χ0n) is 11.6. The highest BCUT2D eigenvalue weighted by Crippen LogP contribution is 2.31. The molecule has 1 aromatic rings.